The van der Waals surface area contributed by atoms with Gasteiger partial charge in [-0.3, -0.25) is 9.59 Å². The number of carboxylic acids is 1. The number of nitrogens with zero attached hydrogens (tertiary/aromatic N) is 1. The van der Waals surface area contributed by atoms with E-state index in [0.29, 0.717) is 6.54 Å². The maximum atomic E-state index is 12.0. The van der Waals surface area contributed by atoms with Gasteiger partial charge in [0.15, 0.2) is 0 Å². The fourth-order valence-electron chi connectivity index (χ4n) is 1.81. The molecule has 1 amide bonds. The van der Waals surface area contributed by atoms with Gasteiger partial charge in [0.05, 0.1) is 6.04 Å². The largest absolute Gasteiger partial charge is 0.481 e. The minimum Gasteiger partial charge on any atom is -0.481 e. The molecule has 0 saturated carbocycles. The van der Waals surface area contributed by atoms with Gasteiger partial charge in [-0.2, -0.15) is 0 Å². The Kier molecular flexibility index (Phi) is 5.51. The van der Waals surface area contributed by atoms with Crippen molar-refractivity contribution in [3.63, 3.8) is 0 Å². The molecular formula is C14H20N2O3. The Morgan fingerprint density at radius 2 is 2.00 bits per heavy atom. The van der Waals surface area contributed by atoms with Gasteiger partial charge in [0, 0.05) is 20.0 Å². The van der Waals surface area contributed by atoms with Crippen LogP contribution in [0.1, 0.15) is 24.0 Å². The van der Waals surface area contributed by atoms with Crippen LogP contribution in [-0.4, -0.2) is 35.0 Å². The van der Waals surface area contributed by atoms with Gasteiger partial charge in [-0.25, -0.2) is 0 Å². The summed E-state index contributed by atoms with van der Waals surface area (Å²) in [6.07, 6.45) is 0.0669. The van der Waals surface area contributed by atoms with Crippen LogP contribution in [0.15, 0.2) is 24.3 Å². The van der Waals surface area contributed by atoms with Crippen molar-refractivity contribution < 1.29 is 14.7 Å². The summed E-state index contributed by atoms with van der Waals surface area (Å²) >= 11 is 0. The first-order valence-corrected chi connectivity index (χ1v) is 6.18. The molecule has 0 saturated heterocycles. The second kappa shape index (κ2) is 6.89. The molecular weight excluding hydrogens is 244 g/mol. The van der Waals surface area contributed by atoms with E-state index in [-0.39, 0.29) is 18.7 Å². The Morgan fingerprint density at radius 1 is 1.37 bits per heavy atom. The predicted octanol–water partition coefficient (Wildman–Crippen LogP) is 1.15. The molecule has 3 N–H and O–H groups in total. The highest BCUT2D eigenvalue weighted by molar-refractivity contribution is 5.82. The third-order valence-corrected chi connectivity index (χ3v) is 3.03. The molecule has 1 atom stereocenters. The normalized spacial score (nSPS) is 11.9. The van der Waals surface area contributed by atoms with Gasteiger partial charge in [-0.05, 0) is 24.5 Å². The summed E-state index contributed by atoms with van der Waals surface area (Å²) in [6, 6.07) is 7.05. The lowest BCUT2D eigenvalue weighted by Crippen LogP contribution is -2.41. The van der Waals surface area contributed by atoms with Gasteiger partial charge in [0.25, 0.3) is 0 Å². The zero-order valence-corrected chi connectivity index (χ0v) is 11.3. The number of benzene rings is 1. The number of carbonyl (C=O) groups is 2. The van der Waals surface area contributed by atoms with Crippen LogP contribution >= 0.6 is 0 Å². The van der Waals surface area contributed by atoms with Crippen molar-refractivity contribution in [2.75, 3.05) is 7.05 Å². The topological polar surface area (TPSA) is 83.6 Å². The van der Waals surface area contributed by atoms with Crippen LogP contribution in [0.5, 0.6) is 0 Å². The zero-order valence-electron chi connectivity index (χ0n) is 11.3. The number of aliphatic carboxylic acids is 1. The number of likely N-dealkylation sites (N-methyl/N-ethyl adjacent to an activating group) is 1. The van der Waals surface area contributed by atoms with E-state index in [9.17, 15) is 9.59 Å². The van der Waals surface area contributed by atoms with Crippen molar-refractivity contribution in [1.29, 1.82) is 0 Å². The Hall–Kier alpha value is -1.88. The Balaban J connectivity index is 2.57. The van der Waals surface area contributed by atoms with Crippen molar-refractivity contribution in [3.05, 3.63) is 35.4 Å². The van der Waals surface area contributed by atoms with Crippen LogP contribution in [-0.2, 0) is 16.1 Å². The van der Waals surface area contributed by atoms with Gasteiger partial charge >= 0.3 is 5.97 Å². The van der Waals surface area contributed by atoms with Gasteiger partial charge in [0.1, 0.15) is 0 Å². The van der Waals surface area contributed by atoms with Crippen LogP contribution in [0, 0.1) is 6.92 Å². The number of carboxylic acid groups (broad SMARTS) is 1. The summed E-state index contributed by atoms with van der Waals surface area (Å²) in [4.78, 5) is 24.0. The van der Waals surface area contributed by atoms with Crippen LogP contribution in [0.2, 0.25) is 0 Å². The molecule has 0 radical (unpaired) electrons. The second-order valence-corrected chi connectivity index (χ2v) is 4.66. The van der Waals surface area contributed by atoms with Gasteiger partial charge in [-0.1, -0.05) is 24.3 Å². The number of amides is 1. The average Bonchev–Trinajstić information content (AvgIpc) is 2.37. The first kappa shape index (κ1) is 15.2. The van der Waals surface area contributed by atoms with Crippen LogP contribution in [0.4, 0.5) is 0 Å². The first-order chi connectivity index (χ1) is 8.91. The lowest BCUT2D eigenvalue weighted by Gasteiger charge is -2.22. The summed E-state index contributed by atoms with van der Waals surface area (Å²) in [5, 5.41) is 8.57. The summed E-state index contributed by atoms with van der Waals surface area (Å²) in [5.41, 5.74) is 7.87. The third kappa shape index (κ3) is 4.71. The minimum atomic E-state index is -0.940. The molecule has 0 fully saturated rings. The minimum absolute atomic E-state index is 0.0922. The fraction of sp³-hybridized carbons (Fsp3) is 0.429. The Morgan fingerprint density at radius 3 is 2.58 bits per heavy atom. The molecule has 0 aliphatic heterocycles. The standard InChI is InChI=1S/C14H20N2O3/c1-10-5-3-4-6-11(10)9-16(2)14(19)12(15)7-8-13(17)18/h3-6,12H,7-9,15H2,1-2H3,(H,17,18). The number of nitrogens with two attached hydrogens (primary N) is 1. The van der Waals surface area contributed by atoms with Gasteiger partial charge in [0.2, 0.25) is 5.91 Å². The Bertz CT molecular complexity index is 460. The summed E-state index contributed by atoms with van der Waals surface area (Å²) in [6.45, 7) is 2.46. The lowest BCUT2D eigenvalue weighted by molar-refractivity contribution is -0.137. The summed E-state index contributed by atoms with van der Waals surface area (Å²) in [7, 11) is 1.68. The van der Waals surface area contributed by atoms with E-state index in [2.05, 4.69) is 0 Å². The smallest absolute Gasteiger partial charge is 0.303 e. The van der Waals surface area contributed by atoms with Gasteiger partial charge < -0.3 is 15.7 Å². The average molecular weight is 264 g/mol. The highest BCUT2D eigenvalue weighted by Crippen LogP contribution is 2.10. The molecule has 0 heterocycles. The number of carbonyl (C=O) groups excluding carboxylic acids is 1. The number of rotatable bonds is 6. The molecule has 0 bridgehead atoms. The predicted molar refractivity (Wildman–Crippen MR) is 72.5 cm³/mol. The van der Waals surface area contributed by atoms with Crippen molar-refractivity contribution in [1.82, 2.24) is 4.90 Å². The van der Waals surface area contributed by atoms with Crippen molar-refractivity contribution in [3.8, 4) is 0 Å². The molecule has 19 heavy (non-hydrogen) atoms. The molecule has 5 nitrogen and oxygen atoms in total. The maximum absolute atomic E-state index is 12.0. The quantitative estimate of drug-likeness (QED) is 0.807. The van der Waals surface area contributed by atoms with E-state index in [1.54, 1.807) is 7.05 Å². The third-order valence-electron chi connectivity index (χ3n) is 3.03. The van der Waals surface area contributed by atoms with Crippen LogP contribution in [0.3, 0.4) is 0 Å². The van der Waals surface area contributed by atoms with Gasteiger partial charge in [-0.15, -0.1) is 0 Å². The molecule has 5 heteroatoms. The SMILES string of the molecule is Cc1ccccc1CN(C)C(=O)C(N)CCC(=O)O. The molecule has 0 aliphatic carbocycles. The van der Waals surface area contributed by atoms with Crippen molar-refractivity contribution in [2.45, 2.75) is 32.4 Å². The Labute approximate surface area is 113 Å². The van der Waals surface area contributed by atoms with E-state index < -0.39 is 12.0 Å². The van der Waals surface area contributed by atoms with E-state index in [0.717, 1.165) is 11.1 Å². The molecule has 1 rings (SSSR count). The summed E-state index contributed by atoms with van der Waals surface area (Å²) < 4.78 is 0. The highest BCUT2D eigenvalue weighted by atomic mass is 16.4. The van der Waals surface area contributed by atoms with Crippen LogP contribution in [0.25, 0.3) is 0 Å². The molecule has 1 aromatic rings. The molecule has 0 spiro atoms. The van der Waals surface area contributed by atoms with E-state index in [4.69, 9.17) is 10.8 Å². The van der Waals surface area contributed by atoms with Crippen molar-refractivity contribution >= 4 is 11.9 Å². The van der Waals surface area contributed by atoms with Crippen LogP contribution < -0.4 is 5.73 Å². The van der Waals surface area contributed by atoms with E-state index in [1.807, 2.05) is 31.2 Å². The zero-order chi connectivity index (χ0) is 14.4. The lowest BCUT2D eigenvalue weighted by atomic mass is 10.1. The first-order valence-electron chi connectivity index (χ1n) is 6.18. The van der Waals surface area contributed by atoms with E-state index in [1.165, 1.54) is 4.90 Å². The van der Waals surface area contributed by atoms with E-state index >= 15 is 0 Å². The highest BCUT2D eigenvalue weighted by Gasteiger charge is 2.19. The number of aryl methyl sites for hydroxylation is 1. The number of hydrogen-bond donors (Lipinski definition) is 2. The molecule has 0 aliphatic rings. The summed E-state index contributed by atoms with van der Waals surface area (Å²) in [5.74, 6) is -1.17. The molecule has 1 unspecified atom stereocenters. The molecule has 0 aromatic heterocycles. The second-order valence-electron chi connectivity index (χ2n) is 4.66. The maximum Gasteiger partial charge on any atom is 0.303 e. The molecule has 1 aromatic carbocycles. The number of hydrogen-bond acceptors (Lipinski definition) is 3. The van der Waals surface area contributed by atoms with Crippen molar-refractivity contribution in [2.24, 2.45) is 5.73 Å². The fourth-order valence-corrected chi connectivity index (χ4v) is 1.81. The monoisotopic (exact) mass is 264 g/mol. The molecule has 104 valence electrons.